The molecule has 1 saturated heterocycles. The van der Waals surface area contributed by atoms with E-state index in [1.54, 1.807) is 12.1 Å². The number of benzene rings is 1. The largest absolute Gasteiger partial charge is 0.364 e. The lowest BCUT2D eigenvalue weighted by Gasteiger charge is -2.35. The van der Waals surface area contributed by atoms with Crippen LogP contribution in [0.15, 0.2) is 30.0 Å². The zero-order valence-electron chi connectivity index (χ0n) is 15.8. The van der Waals surface area contributed by atoms with Crippen LogP contribution in [0.25, 0.3) is 5.57 Å². The third-order valence-corrected chi connectivity index (χ3v) is 5.98. The average molecular weight is 371 g/mol. The average Bonchev–Trinajstić information content (AvgIpc) is 2.94. The molecule has 2 heterocycles. The third-order valence-electron chi connectivity index (χ3n) is 5.98. The van der Waals surface area contributed by atoms with Crippen LogP contribution in [0.3, 0.4) is 0 Å². The zero-order chi connectivity index (χ0) is 19.0. The van der Waals surface area contributed by atoms with Crippen LogP contribution >= 0.6 is 0 Å². The van der Waals surface area contributed by atoms with E-state index in [2.05, 4.69) is 11.9 Å². The van der Waals surface area contributed by atoms with Crippen LogP contribution in [-0.2, 0) is 9.59 Å². The number of carbonyl (C=O) groups is 2. The first-order valence-corrected chi connectivity index (χ1v) is 9.88. The van der Waals surface area contributed by atoms with Crippen LogP contribution in [0.4, 0.5) is 4.39 Å². The highest BCUT2D eigenvalue weighted by Gasteiger charge is 2.45. The molecule has 1 aromatic rings. The molecule has 0 N–H and O–H groups in total. The molecule has 6 heteroatoms. The second-order valence-corrected chi connectivity index (χ2v) is 7.79. The Morgan fingerprint density at radius 3 is 2.15 bits per heavy atom. The number of piperazine rings is 1. The van der Waals surface area contributed by atoms with Crippen molar-refractivity contribution in [2.75, 3.05) is 33.2 Å². The summed E-state index contributed by atoms with van der Waals surface area (Å²) >= 11 is 0. The van der Waals surface area contributed by atoms with Crippen molar-refractivity contribution in [2.24, 2.45) is 0 Å². The molecule has 0 atom stereocenters. The lowest BCUT2D eigenvalue weighted by molar-refractivity contribution is -0.141. The Morgan fingerprint density at radius 1 is 0.889 bits per heavy atom. The molecule has 144 valence electrons. The van der Waals surface area contributed by atoms with Crippen LogP contribution in [-0.4, -0.2) is 65.8 Å². The monoisotopic (exact) mass is 371 g/mol. The van der Waals surface area contributed by atoms with Crippen molar-refractivity contribution in [2.45, 2.75) is 38.1 Å². The van der Waals surface area contributed by atoms with Gasteiger partial charge < -0.3 is 9.80 Å². The lowest BCUT2D eigenvalue weighted by Crippen LogP contribution is -2.47. The van der Waals surface area contributed by atoms with Crippen molar-refractivity contribution < 1.29 is 14.0 Å². The molecule has 2 amide bonds. The molecule has 0 bridgehead atoms. The van der Waals surface area contributed by atoms with Gasteiger partial charge in [-0.15, -0.1) is 0 Å². The predicted molar refractivity (Wildman–Crippen MR) is 101 cm³/mol. The Morgan fingerprint density at radius 2 is 1.52 bits per heavy atom. The predicted octanol–water partition coefficient (Wildman–Crippen LogP) is 2.49. The van der Waals surface area contributed by atoms with Gasteiger partial charge in [0.25, 0.3) is 11.8 Å². The van der Waals surface area contributed by atoms with E-state index in [1.165, 1.54) is 17.0 Å². The van der Waals surface area contributed by atoms with Gasteiger partial charge in [-0.2, -0.15) is 0 Å². The fourth-order valence-corrected chi connectivity index (χ4v) is 4.41. The minimum atomic E-state index is -0.346. The van der Waals surface area contributed by atoms with Crippen molar-refractivity contribution in [3.05, 3.63) is 41.3 Å². The van der Waals surface area contributed by atoms with E-state index in [0.717, 1.165) is 45.2 Å². The number of hydrogen-bond donors (Lipinski definition) is 0. The van der Waals surface area contributed by atoms with E-state index in [-0.39, 0.29) is 23.7 Å². The van der Waals surface area contributed by atoms with Gasteiger partial charge >= 0.3 is 0 Å². The number of halogens is 1. The number of carbonyl (C=O) groups excluding carboxylic acids is 2. The normalized spacial score (nSPS) is 22.9. The maximum Gasteiger partial charge on any atom is 0.278 e. The van der Waals surface area contributed by atoms with E-state index in [0.29, 0.717) is 29.9 Å². The number of amides is 2. The molecule has 2 aliphatic heterocycles. The van der Waals surface area contributed by atoms with Gasteiger partial charge in [0.1, 0.15) is 11.5 Å². The number of rotatable bonds is 3. The first-order chi connectivity index (χ1) is 13.1. The second-order valence-electron chi connectivity index (χ2n) is 7.79. The molecule has 4 rings (SSSR count). The molecular formula is C21H26FN3O2. The van der Waals surface area contributed by atoms with Crippen LogP contribution in [0.1, 0.15) is 37.7 Å². The van der Waals surface area contributed by atoms with E-state index in [4.69, 9.17) is 0 Å². The summed E-state index contributed by atoms with van der Waals surface area (Å²) in [5.41, 5.74) is 1.57. The van der Waals surface area contributed by atoms with E-state index < -0.39 is 0 Å². The van der Waals surface area contributed by atoms with Gasteiger partial charge in [0.05, 0.1) is 5.57 Å². The third kappa shape index (κ3) is 3.38. The summed E-state index contributed by atoms with van der Waals surface area (Å²) in [4.78, 5) is 32.5. The highest BCUT2D eigenvalue weighted by atomic mass is 19.1. The minimum Gasteiger partial charge on any atom is -0.364 e. The molecule has 2 fully saturated rings. The summed E-state index contributed by atoms with van der Waals surface area (Å²) in [5.74, 6) is -0.732. The Kier molecular flexibility index (Phi) is 5.00. The Hall–Kier alpha value is -2.21. The maximum absolute atomic E-state index is 13.4. The number of hydrogen-bond acceptors (Lipinski definition) is 4. The number of nitrogens with zero attached hydrogens (tertiary/aromatic N) is 3. The summed E-state index contributed by atoms with van der Waals surface area (Å²) in [6.45, 7) is 3.14. The molecule has 0 spiro atoms. The molecule has 0 radical (unpaired) electrons. The SMILES string of the molecule is CN1CCN(C2=C(c3ccc(F)cc3)C(=O)N(C3CCCCC3)C2=O)CC1. The maximum atomic E-state index is 13.4. The zero-order valence-corrected chi connectivity index (χ0v) is 15.8. The molecule has 0 unspecified atom stereocenters. The van der Waals surface area contributed by atoms with Gasteiger partial charge in [0, 0.05) is 32.2 Å². The van der Waals surface area contributed by atoms with Gasteiger partial charge in [0.2, 0.25) is 0 Å². The van der Waals surface area contributed by atoms with Crippen molar-refractivity contribution in [1.82, 2.24) is 14.7 Å². The van der Waals surface area contributed by atoms with Crippen LogP contribution < -0.4 is 0 Å². The minimum absolute atomic E-state index is 0.0147. The Bertz CT molecular complexity index is 760. The molecule has 1 aliphatic carbocycles. The quantitative estimate of drug-likeness (QED) is 0.766. The van der Waals surface area contributed by atoms with E-state index >= 15 is 0 Å². The van der Waals surface area contributed by atoms with Crippen LogP contribution in [0.5, 0.6) is 0 Å². The summed E-state index contributed by atoms with van der Waals surface area (Å²) < 4.78 is 13.4. The Balaban J connectivity index is 1.73. The van der Waals surface area contributed by atoms with E-state index in [1.807, 2.05) is 4.90 Å². The van der Waals surface area contributed by atoms with Gasteiger partial charge in [-0.05, 0) is 37.6 Å². The number of imide groups is 1. The van der Waals surface area contributed by atoms with E-state index in [9.17, 15) is 14.0 Å². The lowest BCUT2D eigenvalue weighted by atomic mass is 9.94. The first-order valence-electron chi connectivity index (χ1n) is 9.88. The van der Waals surface area contributed by atoms with Gasteiger partial charge in [-0.25, -0.2) is 4.39 Å². The molecule has 5 nitrogen and oxygen atoms in total. The fraction of sp³-hybridized carbons (Fsp3) is 0.524. The fourth-order valence-electron chi connectivity index (χ4n) is 4.41. The standard InChI is InChI=1S/C21H26FN3O2/c1-23-11-13-24(14-12-23)19-18(15-7-9-16(22)10-8-15)20(26)25(21(19)27)17-5-3-2-4-6-17/h7-10,17H,2-6,11-14H2,1H3. The highest BCUT2D eigenvalue weighted by molar-refractivity contribution is 6.35. The molecular weight excluding hydrogens is 345 g/mol. The topological polar surface area (TPSA) is 43.9 Å². The smallest absolute Gasteiger partial charge is 0.278 e. The summed E-state index contributed by atoms with van der Waals surface area (Å²) in [6, 6.07) is 5.90. The second kappa shape index (κ2) is 7.43. The molecule has 0 aromatic heterocycles. The van der Waals surface area contributed by atoms with Crippen molar-refractivity contribution >= 4 is 17.4 Å². The molecule has 3 aliphatic rings. The van der Waals surface area contributed by atoms with Crippen molar-refractivity contribution in [1.29, 1.82) is 0 Å². The number of likely N-dealkylation sites (N-methyl/N-ethyl adjacent to an activating group) is 1. The van der Waals surface area contributed by atoms with Crippen LogP contribution in [0, 0.1) is 5.82 Å². The molecule has 1 saturated carbocycles. The highest BCUT2D eigenvalue weighted by Crippen LogP contribution is 2.36. The first kappa shape index (κ1) is 18.2. The van der Waals surface area contributed by atoms with Gasteiger partial charge in [-0.3, -0.25) is 14.5 Å². The van der Waals surface area contributed by atoms with Crippen molar-refractivity contribution in [3.63, 3.8) is 0 Å². The molecule has 27 heavy (non-hydrogen) atoms. The van der Waals surface area contributed by atoms with Crippen molar-refractivity contribution in [3.8, 4) is 0 Å². The van der Waals surface area contributed by atoms with Gasteiger partial charge in [-0.1, -0.05) is 31.4 Å². The van der Waals surface area contributed by atoms with Gasteiger partial charge in [0.15, 0.2) is 0 Å². The summed E-state index contributed by atoms with van der Waals surface area (Å²) in [7, 11) is 2.06. The van der Waals surface area contributed by atoms with Crippen LogP contribution in [0.2, 0.25) is 0 Å². The summed E-state index contributed by atoms with van der Waals surface area (Å²) in [6.07, 6.45) is 5.03. The summed E-state index contributed by atoms with van der Waals surface area (Å²) in [5, 5.41) is 0. The molecule has 1 aromatic carbocycles. The Labute approximate surface area is 159 Å².